The van der Waals surface area contributed by atoms with E-state index in [1.165, 1.54) is 0 Å². The highest BCUT2D eigenvalue weighted by Crippen LogP contribution is 2.29. The van der Waals surface area contributed by atoms with Gasteiger partial charge in [-0.1, -0.05) is 59.6 Å². The number of hydrogen-bond donors (Lipinski definition) is 2. The summed E-state index contributed by atoms with van der Waals surface area (Å²) in [6, 6.07) is 13.0. The van der Waals surface area contributed by atoms with Gasteiger partial charge < -0.3 is 15.2 Å². The van der Waals surface area contributed by atoms with E-state index in [0.29, 0.717) is 5.56 Å². The Morgan fingerprint density at radius 1 is 1.04 bits per heavy atom. The SMILES string of the molecule is O=C(COC(=O)[C@@H](O)c1ccccc1)Nc1c(Cl)cccc1Cl. The van der Waals surface area contributed by atoms with E-state index in [9.17, 15) is 14.7 Å². The Hall–Kier alpha value is -2.08. The van der Waals surface area contributed by atoms with Crippen molar-refractivity contribution in [2.75, 3.05) is 11.9 Å². The number of rotatable bonds is 5. The summed E-state index contributed by atoms with van der Waals surface area (Å²) in [7, 11) is 0. The summed E-state index contributed by atoms with van der Waals surface area (Å²) in [6.45, 7) is -0.565. The average Bonchev–Trinajstić information content (AvgIpc) is 2.56. The van der Waals surface area contributed by atoms with Gasteiger partial charge in [0.1, 0.15) is 0 Å². The first kappa shape index (κ1) is 17.3. The zero-order valence-electron chi connectivity index (χ0n) is 11.8. The quantitative estimate of drug-likeness (QED) is 0.809. The number of anilines is 1. The number of nitrogens with one attached hydrogen (secondary N) is 1. The fraction of sp³-hybridized carbons (Fsp3) is 0.125. The fourth-order valence-electron chi connectivity index (χ4n) is 1.78. The van der Waals surface area contributed by atoms with Crippen LogP contribution in [-0.4, -0.2) is 23.6 Å². The first-order valence-corrected chi connectivity index (χ1v) is 7.38. The lowest BCUT2D eigenvalue weighted by Gasteiger charge is -2.12. The lowest BCUT2D eigenvalue weighted by Crippen LogP contribution is -2.24. The second-order valence-corrected chi connectivity index (χ2v) is 5.38. The fourth-order valence-corrected chi connectivity index (χ4v) is 2.27. The van der Waals surface area contributed by atoms with Gasteiger partial charge >= 0.3 is 5.97 Å². The van der Waals surface area contributed by atoms with Crippen LogP contribution in [0.5, 0.6) is 0 Å². The van der Waals surface area contributed by atoms with E-state index in [2.05, 4.69) is 5.32 Å². The van der Waals surface area contributed by atoms with E-state index >= 15 is 0 Å². The van der Waals surface area contributed by atoms with Crippen LogP contribution >= 0.6 is 23.2 Å². The Balaban J connectivity index is 1.90. The molecule has 0 saturated heterocycles. The molecular formula is C16H13Cl2NO4. The monoisotopic (exact) mass is 353 g/mol. The Kier molecular flexibility index (Phi) is 5.98. The van der Waals surface area contributed by atoms with Gasteiger partial charge in [-0.3, -0.25) is 4.79 Å². The molecule has 5 nitrogen and oxygen atoms in total. The van der Waals surface area contributed by atoms with Crippen molar-refractivity contribution < 1.29 is 19.4 Å². The Bertz CT molecular complexity index is 686. The first-order chi connectivity index (χ1) is 11.0. The van der Waals surface area contributed by atoms with E-state index in [-0.39, 0.29) is 15.7 Å². The van der Waals surface area contributed by atoms with Gasteiger partial charge in [0, 0.05) is 0 Å². The highest BCUT2D eigenvalue weighted by Gasteiger charge is 2.20. The maximum Gasteiger partial charge on any atom is 0.340 e. The van der Waals surface area contributed by atoms with Crippen molar-refractivity contribution in [2.45, 2.75) is 6.10 Å². The minimum absolute atomic E-state index is 0.237. The van der Waals surface area contributed by atoms with Gasteiger partial charge in [-0.15, -0.1) is 0 Å². The van der Waals surface area contributed by atoms with Gasteiger partial charge in [-0.05, 0) is 17.7 Å². The molecule has 0 aliphatic rings. The number of aliphatic hydroxyl groups is 1. The largest absolute Gasteiger partial charge is 0.453 e. The number of carbonyl (C=O) groups is 2. The number of ether oxygens (including phenoxy) is 1. The van der Waals surface area contributed by atoms with Crippen LogP contribution in [0.3, 0.4) is 0 Å². The second-order valence-electron chi connectivity index (χ2n) is 4.57. The van der Waals surface area contributed by atoms with Crippen LogP contribution < -0.4 is 5.32 Å². The molecule has 2 aromatic rings. The minimum Gasteiger partial charge on any atom is -0.453 e. The van der Waals surface area contributed by atoms with E-state index < -0.39 is 24.6 Å². The average molecular weight is 354 g/mol. The smallest absolute Gasteiger partial charge is 0.340 e. The summed E-state index contributed by atoms with van der Waals surface area (Å²) in [5.74, 6) is -1.54. The molecule has 0 unspecified atom stereocenters. The molecule has 0 heterocycles. The highest BCUT2D eigenvalue weighted by atomic mass is 35.5. The molecule has 0 fully saturated rings. The molecule has 2 rings (SSSR count). The van der Waals surface area contributed by atoms with Crippen molar-refractivity contribution in [2.24, 2.45) is 0 Å². The number of benzene rings is 2. The summed E-state index contributed by atoms with van der Waals surface area (Å²) in [6.07, 6.45) is -1.45. The van der Waals surface area contributed by atoms with Crippen LogP contribution in [0, 0.1) is 0 Å². The number of halogens is 2. The van der Waals surface area contributed by atoms with Crippen molar-refractivity contribution in [1.29, 1.82) is 0 Å². The topological polar surface area (TPSA) is 75.6 Å². The Morgan fingerprint density at radius 3 is 2.26 bits per heavy atom. The molecule has 23 heavy (non-hydrogen) atoms. The summed E-state index contributed by atoms with van der Waals surface area (Å²) in [5.41, 5.74) is 0.618. The van der Waals surface area contributed by atoms with Crippen molar-refractivity contribution >= 4 is 40.8 Å². The molecule has 7 heteroatoms. The summed E-state index contributed by atoms with van der Waals surface area (Å²) in [4.78, 5) is 23.5. The number of amides is 1. The molecule has 0 saturated carbocycles. The second kappa shape index (κ2) is 7.97. The third-order valence-corrected chi connectivity index (χ3v) is 3.54. The Labute approximate surface area is 142 Å². The summed E-state index contributed by atoms with van der Waals surface area (Å²) >= 11 is 11.8. The number of aliphatic hydroxyl groups excluding tert-OH is 1. The molecule has 2 aromatic carbocycles. The van der Waals surface area contributed by atoms with E-state index in [0.717, 1.165) is 0 Å². The van der Waals surface area contributed by atoms with Crippen LogP contribution in [0.1, 0.15) is 11.7 Å². The standard InChI is InChI=1S/C16H13Cl2NO4/c17-11-7-4-8-12(18)14(11)19-13(20)9-23-16(22)15(21)10-5-2-1-3-6-10/h1-8,15,21H,9H2,(H,19,20)/t15-/m0/s1. The molecule has 2 N–H and O–H groups in total. The molecule has 0 bridgehead atoms. The highest BCUT2D eigenvalue weighted by molar-refractivity contribution is 6.39. The normalized spacial score (nSPS) is 11.6. The predicted octanol–water partition coefficient (Wildman–Crippen LogP) is 3.21. The summed E-state index contributed by atoms with van der Waals surface area (Å²) < 4.78 is 4.78. The minimum atomic E-state index is -1.45. The third-order valence-electron chi connectivity index (χ3n) is 2.91. The van der Waals surface area contributed by atoms with Crippen LogP contribution in [0.4, 0.5) is 5.69 Å². The number of para-hydroxylation sites is 1. The van der Waals surface area contributed by atoms with E-state index in [1.807, 2.05) is 0 Å². The molecule has 120 valence electrons. The van der Waals surface area contributed by atoms with Crippen molar-refractivity contribution in [3.63, 3.8) is 0 Å². The van der Waals surface area contributed by atoms with Gasteiger partial charge in [0.15, 0.2) is 12.7 Å². The van der Waals surface area contributed by atoms with Gasteiger partial charge in [0.05, 0.1) is 15.7 Å². The van der Waals surface area contributed by atoms with Crippen molar-refractivity contribution in [3.05, 3.63) is 64.1 Å². The van der Waals surface area contributed by atoms with E-state index in [4.69, 9.17) is 27.9 Å². The van der Waals surface area contributed by atoms with E-state index in [1.54, 1.807) is 48.5 Å². The van der Waals surface area contributed by atoms with Crippen molar-refractivity contribution in [3.8, 4) is 0 Å². The summed E-state index contributed by atoms with van der Waals surface area (Å²) in [5, 5.41) is 12.8. The Morgan fingerprint density at radius 2 is 1.65 bits per heavy atom. The number of carbonyl (C=O) groups excluding carboxylic acids is 2. The molecule has 1 amide bonds. The molecule has 1 atom stereocenters. The maximum absolute atomic E-state index is 11.8. The molecule has 0 radical (unpaired) electrons. The number of esters is 1. The molecular weight excluding hydrogens is 341 g/mol. The lowest BCUT2D eigenvalue weighted by molar-refractivity contribution is -0.156. The zero-order valence-corrected chi connectivity index (χ0v) is 13.3. The zero-order chi connectivity index (χ0) is 16.8. The molecule has 0 aliphatic carbocycles. The van der Waals surface area contributed by atoms with Crippen LogP contribution in [0.2, 0.25) is 10.0 Å². The third kappa shape index (κ3) is 4.69. The predicted molar refractivity (Wildman–Crippen MR) is 87.5 cm³/mol. The lowest BCUT2D eigenvalue weighted by atomic mass is 10.1. The van der Waals surface area contributed by atoms with Gasteiger partial charge in [-0.25, -0.2) is 4.79 Å². The van der Waals surface area contributed by atoms with Crippen LogP contribution in [0.15, 0.2) is 48.5 Å². The first-order valence-electron chi connectivity index (χ1n) is 6.62. The van der Waals surface area contributed by atoms with Gasteiger partial charge in [-0.2, -0.15) is 0 Å². The number of hydrogen-bond acceptors (Lipinski definition) is 4. The van der Waals surface area contributed by atoms with Crippen LogP contribution in [0.25, 0.3) is 0 Å². The van der Waals surface area contributed by atoms with Crippen LogP contribution in [-0.2, 0) is 14.3 Å². The maximum atomic E-state index is 11.8. The van der Waals surface area contributed by atoms with Crippen molar-refractivity contribution in [1.82, 2.24) is 0 Å². The molecule has 0 aromatic heterocycles. The molecule has 0 aliphatic heterocycles. The van der Waals surface area contributed by atoms with Gasteiger partial charge in [0.2, 0.25) is 0 Å². The molecule has 0 spiro atoms. The van der Waals surface area contributed by atoms with Gasteiger partial charge in [0.25, 0.3) is 5.91 Å².